The van der Waals surface area contributed by atoms with Crippen LogP contribution in [0.3, 0.4) is 0 Å². The number of halogens is 3. The molecule has 37 heavy (non-hydrogen) atoms. The highest BCUT2D eigenvalue weighted by Gasteiger charge is 2.44. The largest absolute Gasteiger partial charge is 0.337 e. The molecule has 0 aromatic heterocycles. The van der Waals surface area contributed by atoms with Gasteiger partial charge in [-0.25, -0.2) is 21.6 Å². The molecule has 2 amide bonds. The van der Waals surface area contributed by atoms with Crippen molar-refractivity contribution in [3.8, 4) is 0 Å². The summed E-state index contributed by atoms with van der Waals surface area (Å²) in [6.45, 7) is 1.35. The lowest BCUT2D eigenvalue weighted by atomic mass is 9.82. The molecular formula is C26H30F3N3O4S. The van der Waals surface area contributed by atoms with Crippen molar-refractivity contribution in [2.75, 3.05) is 11.1 Å². The number of hydrogen-bond acceptors (Lipinski definition) is 5. The van der Waals surface area contributed by atoms with E-state index in [4.69, 9.17) is 5.73 Å². The van der Waals surface area contributed by atoms with E-state index >= 15 is 0 Å². The number of sulfone groups is 1. The van der Waals surface area contributed by atoms with Gasteiger partial charge in [0.05, 0.1) is 10.6 Å². The van der Waals surface area contributed by atoms with E-state index in [1.165, 1.54) is 31.2 Å². The quantitative estimate of drug-likeness (QED) is 0.501. The normalized spacial score (nSPS) is 22.1. The van der Waals surface area contributed by atoms with Crippen molar-refractivity contribution < 1.29 is 31.2 Å². The van der Waals surface area contributed by atoms with Crippen LogP contribution in [0.5, 0.6) is 0 Å². The average molecular weight is 538 g/mol. The Morgan fingerprint density at radius 1 is 1.03 bits per heavy atom. The van der Waals surface area contributed by atoms with Crippen molar-refractivity contribution in [2.45, 2.75) is 68.5 Å². The van der Waals surface area contributed by atoms with Crippen LogP contribution in [0, 0.1) is 23.4 Å². The van der Waals surface area contributed by atoms with E-state index in [1.54, 1.807) is 4.90 Å². The molecule has 4 rings (SSSR count). The van der Waals surface area contributed by atoms with Crippen LogP contribution in [0.4, 0.5) is 18.9 Å². The molecule has 0 saturated carbocycles. The smallest absolute Gasteiger partial charge is 0.224 e. The zero-order valence-electron chi connectivity index (χ0n) is 20.4. The number of anilines is 1. The van der Waals surface area contributed by atoms with Crippen molar-refractivity contribution >= 4 is 27.3 Å². The van der Waals surface area contributed by atoms with Crippen LogP contribution in [0.15, 0.2) is 41.3 Å². The number of piperidine rings is 1. The van der Waals surface area contributed by atoms with Gasteiger partial charge in [-0.1, -0.05) is 0 Å². The molecule has 11 heteroatoms. The van der Waals surface area contributed by atoms with E-state index in [0.29, 0.717) is 24.6 Å². The first-order chi connectivity index (χ1) is 17.4. The maximum atomic E-state index is 14.1. The molecule has 2 unspecified atom stereocenters. The van der Waals surface area contributed by atoms with Crippen LogP contribution in [0.25, 0.3) is 0 Å². The first-order valence-electron chi connectivity index (χ1n) is 12.2. The summed E-state index contributed by atoms with van der Waals surface area (Å²) < 4.78 is 66.4. The summed E-state index contributed by atoms with van der Waals surface area (Å²) in [5.74, 6) is -4.07. The number of nitrogens with zero attached hydrogens (tertiary/aromatic N) is 1. The maximum absolute atomic E-state index is 14.1. The summed E-state index contributed by atoms with van der Waals surface area (Å²) in [6, 6.07) is 6.50. The number of rotatable bonds is 8. The van der Waals surface area contributed by atoms with Crippen LogP contribution in [-0.2, 0) is 25.8 Å². The second-order valence-electron chi connectivity index (χ2n) is 9.92. The molecule has 2 heterocycles. The number of nitrogens with two attached hydrogens (primary N) is 1. The van der Waals surface area contributed by atoms with Gasteiger partial charge < -0.3 is 16.0 Å². The standard InChI is InChI=1S/C26H30F3N3O4S/c1-15(33)31-18-2-6-21(7-3-18)37(35,36)9-8-26(34)32-19-4-5-20(32)11-17(10-19)25(30)13-16-12-23(28)24(29)14-22(16)27/h2-3,6-7,12,14,17,19-20,25H,4-5,8-11,13,30H2,1H3,(H,31,33)/t17?,19?,20?,25-/m1/s1. The minimum atomic E-state index is -3.70. The molecule has 2 aromatic carbocycles. The van der Waals surface area contributed by atoms with E-state index in [1.807, 2.05) is 0 Å². The molecule has 2 saturated heterocycles. The third-order valence-corrected chi connectivity index (χ3v) is 9.06. The first-order valence-corrected chi connectivity index (χ1v) is 13.9. The Labute approximate surface area is 214 Å². The fraction of sp³-hybridized carbons (Fsp3) is 0.462. The fourth-order valence-electron chi connectivity index (χ4n) is 5.53. The molecule has 7 nitrogen and oxygen atoms in total. The van der Waals surface area contributed by atoms with Crippen molar-refractivity contribution in [3.63, 3.8) is 0 Å². The molecule has 2 fully saturated rings. The van der Waals surface area contributed by atoms with Crippen molar-refractivity contribution in [2.24, 2.45) is 11.7 Å². The van der Waals surface area contributed by atoms with Crippen LogP contribution in [0.2, 0.25) is 0 Å². The Hall–Kier alpha value is -2.92. The van der Waals surface area contributed by atoms with Gasteiger partial charge in [-0.3, -0.25) is 9.59 Å². The Bertz CT molecular complexity index is 1270. The number of benzene rings is 2. The highest BCUT2D eigenvalue weighted by atomic mass is 32.2. The van der Waals surface area contributed by atoms with Crippen molar-refractivity contribution in [1.29, 1.82) is 0 Å². The summed E-state index contributed by atoms with van der Waals surface area (Å²) >= 11 is 0. The van der Waals surface area contributed by atoms with Gasteiger partial charge >= 0.3 is 0 Å². The Morgan fingerprint density at radius 3 is 2.22 bits per heavy atom. The van der Waals surface area contributed by atoms with E-state index in [0.717, 1.165) is 18.9 Å². The molecule has 2 bridgehead atoms. The van der Waals surface area contributed by atoms with Crippen molar-refractivity contribution in [3.05, 3.63) is 59.4 Å². The molecule has 200 valence electrons. The number of carbonyl (C=O) groups is 2. The Balaban J connectivity index is 1.34. The minimum Gasteiger partial charge on any atom is -0.337 e. The molecule has 3 N–H and O–H groups in total. The van der Waals surface area contributed by atoms with Gasteiger partial charge in [0.15, 0.2) is 21.5 Å². The molecular weight excluding hydrogens is 507 g/mol. The third-order valence-electron chi connectivity index (χ3n) is 7.33. The summed E-state index contributed by atoms with van der Waals surface area (Å²) in [7, 11) is -3.70. The topological polar surface area (TPSA) is 110 Å². The second kappa shape index (κ2) is 10.8. The SMILES string of the molecule is CC(=O)Nc1ccc(S(=O)(=O)CCC(=O)N2C3CCC2CC([C@H](N)Cc2cc(F)c(F)cc2F)C3)cc1. The van der Waals surface area contributed by atoms with E-state index in [-0.39, 0.29) is 58.9 Å². The molecule has 0 aliphatic carbocycles. The van der Waals surface area contributed by atoms with Gasteiger partial charge in [-0.15, -0.1) is 0 Å². The predicted molar refractivity (Wildman–Crippen MR) is 132 cm³/mol. The average Bonchev–Trinajstić information content (AvgIpc) is 3.10. The highest BCUT2D eigenvalue weighted by Crippen LogP contribution is 2.40. The Morgan fingerprint density at radius 2 is 1.62 bits per heavy atom. The maximum Gasteiger partial charge on any atom is 0.224 e. The van der Waals surface area contributed by atoms with Gasteiger partial charge in [0.1, 0.15) is 5.82 Å². The van der Waals surface area contributed by atoms with Crippen LogP contribution < -0.4 is 11.1 Å². The fourth-order valence-corrected chi connectivity index (χ4v) is 6.76. The van der Waals surface area contributed by atoms with Crippen LogP contribution in [-0.4, -0.2) is 49.0 Å². The molecule has 2 aliphatic rings. The Kier molecular flexibility index (Phi) is 7.94. The van der Waals surface area contributed by atoms with Gasteiger partial charge in [-0.05, 0) is 73.9 Å². The van der Waals surface area contributed by atoms with E-state index in [2.05, 4.69) is 5.32 Å². The number of carbonyl (C=O) groups excluding carboxylic acids is 2. The molecule has 2 aliphatic heterocycles. The number of hydrogen-bond donors (Lipinski definition) is 2. The zero-order chi connectivity index (χ0) is 26.9. The van der Waals surface area contributed by atoms with E-state index in [9.17, 15) is 31.2 Å². The van der Waals surface area contributed by atoms with E-state index < -0.39 is 33.3 Å². The zero-order valence-corrected chi connectivity index (χ0v) is 21.2. The number of nitrogens with one attached hydrogen (secondary N) is 1. The minimum absolute atomic E-state index is 0.0209. The van der Waals surface area contributed by atoms with Gasteiger partial charge in [0.2, 0.25) is 11.8 Å². The number of fused-ring (bicyclic) bond motifs is 2. The molecule has 3 atom stereocenters. The first kappa shape index (κ1) is 27.1. The lowest BCUT2D eigenvalue weighted by molar-refractivity contribution is -0.136. The van der Waals surface area contributed by atoms with Crippen LogP contribution >= 0.6 is 0 Å². The second-order valence-corrected chi connectivity index (χ2v) is 12.0. The molecule has 2 aromatic rings. The van der Waals surface area contributed by atoms with Crippen LogP contribution in [0.1, 0.15) is 44.6 Å². The van der Waals surface area contributed by atoms with Gasteiger partial charge in [0.25, 0.3) is 0 Å². The van der Waals surface area contributed by atoms with Crippen molar-refractivity contribution in [1.82, 2.24) is 4.90 Å². The van der Waals surface area contributed by atoms with Gasteiger partial charge in [0, 0.05) is 43.2 Å². The lowest BCUT2D eigenvalue weighted by Gasteiger charge is -2.41. The lowest BCUT2D eigenvalue weighted by Crippen LogP contribution is -2.50. The number of amides is 2. The molecule has 0 radical (unpaired) electrons. The monoisotopic (exact) mass is 537 g/mol. The third kappa shape index (κ3) is 6.15. The summed E-state index contributed by atoms with van der Waals surface area (Å²) in [4.78, 5) is 26.0. The predicted octanol–water partition coefficient (Wildman–Crippen LogP) is 3.57. The van der Waals surface area contributed by atoms with Gasteiger partial charge in [-0.2, -0.15) is 0 Å². The summed E-state index contributed by atoms with van der Waals surface area (Å²) in [5, 5.41) is 2.57. The molecule has 0 spiro atoms. The highest BCUT2D eigenvalue weighted by molar-refractivity contribution is 7.91. The summed E-state index contributed by atoms with van der Waals surface area (Å²) in [6.07, 6.45) is 2.63. The summed E-state index contributed by atoms with van der Waals surface area (Å²) in [5.41, 5.74) is 6.84.